The van der Waals surface area contributed by atoms with E-state index in [1.54, 1.807) is 29.0 Å². The molecular weight excluding hydrogens is 608 g/mol. The van der Waals surface area contributed by atoms with E-state index in [1.807, 2.05) is 42.5 Å². The number of H-pyrrole nitrogens is 2. The maximum Gasteiger partial charge on any atom is 0.326 e. The summed E-state index contributed by atoms with van der Waals surface area (Å²) >= 11 is 0. The molecule has 0 unspecified atom stereocenters. The molecule has 1 amide bonds. The minimum absolute atomic E-state index is 0.00506. The lowest BCUT2D eigenvalue weighted by atomic mass is 9.97. The number of carbonyl (C=O) groups is 2. The molecule has 1 aliphatic rings. The molecule has 0 radical (unpaired) electrons. The van der Waals surface area contributed by atoms with Crippen LogP contribution in [0.2, 0.25) is 0 Å². The second-order valence-electron chi connectivity index (χ2n) is 12.2. The van der Waals surface area contributed by atoms with Crippen molar-refractivity contribution in [3.63, 3.8) is 0 Å². The van der Waals surface area contributed by atoms with Gasteiger partial charge in [0.15, 0.2) is 0 Å². The Kier molecular flexibility index (Phi) is 8.43. The lowest BCUT2D eigenvalue weighted by molar-refractivity contribution is -0.138. The van der Waals surface area contributed by atoms with E-state index in [1.165, 1.54) is 5.56 Å². The first-order chi connectivity index (χ1) is 23.3. The van der Waals surface area contributed by atoms with E-state index in [-0.39, 0.29) is 36.0 Å². The maximum atomic E-state index is 13.0. The lowest BCUT2D eigenvalue weighted by Crippen LogP contribution is -2.36. The number of aliphatic carboxylic acids is 1. The molecule has 0 aliphatic carbocycles. The fourth-order valence-corrected chi connectivity index (χ4v) is 6.54. The van der Waals surface area contributed by atoms with Gasteiger partial charge in [0.05, 0.1) is 34.1 Å². The summed E-state index contributed by atoms with van der Waals surface area (Å²) in [5.74, 6) is -1.41. The summed E-state index contributed by atoms with van der Waals surface area (Å²) in [5.41, 5.74) is 7.06. The zero-order chi connectivity index (χ0) is 33.2. The number of carbonyl (C=O) groups excluding carboxylic acids is 1. The van der Waals surface area contributed by atoms with E-state index in [9.17, 15) is 19.2 Å². The third-order valence-electron chi connectivity index (χ3n) is 8.96. The number of imidazole rings is 1. The molecule has 0 saturated carbocycles. The molecule has 11 nitrogen and oxygen atoms in total. The molecule has 48 heavy (non-hydrogen) atoms. The van der Waals surface area contributed by atoms with E-state index in [4.69, 9.17) is 10.1 Å². The van der Waals surface area contributed by atoms with E-state index in [2.05, 4.69) is 44.5 Å². The molecule has 242 valence electrons. The molecule has 11 heteroatoms. The third kappa shape index (κ3) is 6.40. The Hall–Kier alpha value is -5.81. The first kappa shape index (κ1) is 30.8. The first-order valence-electron chi connectivity index (χ1n) is 16.0. The van der Waals surface area contributed by atoms with Crippen LogP contribution in [0.4, 0.5) is 5.69 Å². The molecule has 1 aliphatic heterocycles. The molecule has 0 bridgehead atoms. The number of rotatable bonds is 9. The van der Waals surface area contributed by atoms with Gasteiger partial charge >= 0.3 is 11.7 Å². The Morgan fingerprint density at radius 3 is 2.42 bits per heavy atom. The highest BCUT2D eigenvalue weighted by atomic mass is 16.4. The van der Waals surface area contributed by atoms with Crippen LogP contribution in [0.25, 0.3) is 44.3 Å². The van der Waals surface area contributed by atoms with Crippen molar-refractivity contribution >= 4 is 39.5 Å². The molecule has 4 heterocycles. The topological polar surface area (TPSA) is 153 Å². The fraction of sp³-hybridized carbons (Fsp3) is 0.216. The molecule has 6 aromatic rings. The van der Waals surface area contributed by atoms with Gasteiger partial charge in [-0.25, -0.2) is 9.78 Å². The summed E-state index contributed by atoms with van der Waals surface area (Å²) in [4.78, 5) is 61.5. The van der Waals surface area contributed by atoms with Crippen molar-refractivity contribution in [1.29, 1.82) is 0 Å². The smallest absolute Gasteiger partial charge is 0.326 e. The number of carboxylic acid groups (broad SMARTS) is 1. The number of nitrogens with one attached hydrogen (secondary N) is 3. The SMILES string of the molecule is O=C(O)CCC(=O)Nc1ccc2[nH]c(=O)n(C3CCN(Cc4ccc(-c5nc6cc[nH]c(=O)c6cc5-c5ccccc5)cc4)CC3)c2c1. The van der Waals surface area contributed by atoms with Crippen LogP contribution in [0.1, 0.15) is 37.3 Å². The Bertz CT molecular complexity index is 2250. The van der Waals surface area contributed by atoms with Gasteiger partial charge in [-0.3, -0.25) is 23.9 Å². The Morgan fingerprint density at radius 1 is 0.896 bits per heavy atom. The largest absolute Gasteiger partial charge is 0.481 e. The number of pyridine rings is 2. The molecule has 0 spiro atoms. The number of aromatic amines is 2. The average molecular weight is 643 g/mol. The van der Waals surface area contributed by atoms with Gasteiger partial charge in [0, 0.05) is 55.1 Å². The van der Waals surface area contributed by atoms with Crippen LogP contribution in [0.3, 0.4) is 0 Å². The van der Waals surface area contributed by atoms with E-state index in [0.717, 1.165) is 54.9 Å². The fourth-order valence-electron chi connectivity index (χ4n) is 6.54. The van der Waals surface area contributed by atoms with Gasteiger partial charge in [-0.2, -0.15) is 0 Å². The Balaban J connectivity index is 1.05. The number of piperidine rings is 1. The van der Waals surface area contributed by atoms with Gasteiger partial charge in [-0.05, 0) is 54.3 Å². The highest BCUT2D eigenvalue weighted by Gasteiger charge is 2.24. The minimum Gasteiger partial charge on any atom is -0.481 e. The van der Waals surface area contributed by atoms with Crippen LogP contribution in [0, 0.1) is 0 Å². The van der Waals surface area contributed by atoms with E-state index in [0.29, 0.717) is 27.6 Å². The highest BCUT2D eigenvalue weighted by molar-refractivity contribution is 5.94. The highest BCUT2D eigenvalue weighted by Crippen LogP contribution is 2.33. The van der Waals surface area contributed by atoms with E-state index < -0.39 is 5.97 Å². The molecule has 0 atom stereocenters. The predicted molar refractivity (Wildman–Crippen MR) is 185 cm³/mol. The zero-order valence-electron chi connectivity index (χ0n) is 26.1. The van der Waals surface area contributed by atoms with Crippen LogP contribution in [0.5, 0.6) is 0 Å². The number of fused-ring (bicyclic) bond motifs is 2. The maximum absolute atomic E-state index is 13.0. The van der Waals surface area contributed by atoms with Crippen molar-refractivity contribution in [3.8, 4) is 22.4 Å². The number of aromatic nitrogens is 4. The predicted octanol–water partition coefficient (Wildman–Crippen LogP) is 5.54. The molecular formula is C37H34N6O5. The van der Waals surface area contributed by atoms with Crippen molar-refractivity contribution in [3.05, 3.63) is 118 Å². The molecule has 4 N–H and O–H groups in total. The van der Waals surface area contributed by atoms with Gasteiger partial charge in [0.2, 0.25) is 5.91 Å². The average Bonchev–Trinajstić information content (AvgIpc) is 3.43. The number of benzene rings is 3. The molecule has 1 saturated heterocycles. The van der Waals surface area contributed by atoms with Crippen molar-refractivity contribution in [2.24, 2.45) is 0 Å². The quantitative estimate of drug-likeness (QED) is 0.162. The van der Waals surface area contributed by atoms with Gasteiger partial charge in [0.1, 0.15) is 0 Å². The van der Waals surface area contributed by atoms with Crippen molar-refractivity contribution in [1.82, 2.24) is 24.4 Å². The number of hydrogen-bond donors (Lipinski definition) is 4. The second kappa shape index (κ2) is 13.1. The van der Waals surface area contributed by atoms with Gasteiger partial charge < -0.3 is 20.4 Å². The summed E-state index contributed by atoms with van der Waals surface area (Å²) in [6.07, 6.45) is 2.84. The number of amides is 1. The Morgan fingerprint density at radius 2 is 1.67 bits per heavy atom. The summed E-state index contributed by atoms with van der Waals surface area (Å²) in [5, 5.41) is 12.1. The van der Waals surface area contributed by atoms with Gasteiger partial charge in [-0.15, -0.1) is 0 Å². The monoisotopic (exact) mass is 642 g/mol. The van der Waals surface area contributed by atoms with Gasteiger partial charge in [-0.1, -0.05) is 54.6 Å². The van der Waals surface area contributed by atoms with Gasteiger partial charge in [0.25, 0.3) is 5.56 Å². The summed E-state index contributed by atoms with van der Waals surface area (Å²) in [7, 11) is 0. The van der Waals surface area contributed by atoms with Crippen LogP contribution in [0.15, 0.2) is 101 Å². The van der Waals surface area contributed by atoms with Crippen molar-refractivity contribution in [2.75, 3.05) is 18.4 Å². The van der Waals surface area contributed by atoms with E-state index >= 15 is 0 Å². The van der Waals surface area contributed by atoms with Crippen LogP contribution < -0.4 is 16.6 Å². The van der Waals surface area contributed by atoms with Crippen molar-refractivity contribution < 1.29 is 14.7 Å². The lowest BCUT2D eigenvalue weighted by Gasteiger charge is -2.32. The summed E-state index contributed by atoms with van der Waals surface area (Å²) < 4.78 is 1.78. The molecule has 1 fully saturated rings. The summed E-state index contributed by atoms with van der Waals surface area (Å²) in [6, 6.07) is 27.3. The van der Waals surface area contributed by atoms with Crippen LogP contribution in [-0.4, -0.2) is 54.5 Å². The number of carboxylic acids is 1. The minimum atomic E-state index is -1.03. The summed E-state index contributed by atoms with van der Waals surface area (Å²) in [6.45, 7) is 2.40. The third-order valence-corrected chi connectivity index (χ3v) is 8.96. The number of hydrogen-bond acceptors (Lipinski definition) is 6. The standard InChI is InChI=1S/C37H34N6O5/c44-33(12-13-34(45)46)39-26-10-11-31-32(20-26)43(37(48)41-31)27-15-18-42(19-16-27)22-23-6-8-25(9-7-23)35-28(24-4-2-1-3-5-24)21-29-30(40-35)14-17-38-36(29)47/h1-11,14,17,20-21,27H,12-13,15-16,18-19,22H2,(H,38,47)(H,39,44)(H,41,48)(H,45,46). The van der Waals surface area contributed by atoms with Crippen LogP contribution >= 0.6 is 0 Å². The van der Waals surface area contributed by atoms with Crippen LogP contribution in [-0.2, 0) is 16.1 Å². The number of likely N-dealkylation sites (tertiary alicyclic amines) is 1. The number of nitrogens with zero attached hydrogens (tertiary/aromatic N) is 3. The normalized spacial score (nSPS) is 14.0. The number of anilines is 1. The zero-order valence-corrected chi connectivity index (χ0v) is 26.1. The molecule has 3 aromatic carbocycles. The Labute approximate surface area is 274 Å². The second-order valence-corrected chi connectivity index (χ2v) is 12.2. The molecule has 7 rings (SSSR count). The first-order valence-corrected chi connectivity index (χ1v) is 16.0. The molecule has 3 aromatic heterocycles. The van der Waals surface area contributed by atoms with Crippen molar-refractivity contribution in [2.45, 2.75) is 38.3 Å².